The van der Waals surface area contributed by atoms with Crippen LogP contribution in [0, 0.1) is 0 Å². The SMILES string of the molecule is CC(N)c1cc(Br)ccc1OCCC(=O)N(C)C. The van der Waals surface area contributed by atoms with Crippen molar-refractivity contribution < 1.29 is 9.53 Å². The summed E-state index contributed by atoms with van der Waals surface area (Å²) in [4.78, 5) is 13.0. The Kier molecular flexibility index (Phi) is 5.62. The number of nitrogens with two attached hydrogens (primary N) is 1. The van der Waals surface area contributed by atoms with Gasteiger partial charge in [-0.3, -0.25) is 4.79 Å². The van der Waals surface area contributed by atoms with E-state index in [0.717, 1.165) is 15.8 Å². The van der Waals surface area contributed by atoms with Gasteiger partial charge in [0.1, 0.15) is 5.75 Å². The van der Waals surface area contributed by atoms with Gasteiger partial charge < -0.3 is 15.4 Å². The molecule has 0 radical (unpaired) electrons. The Morgan fingerprint density at radius 1 is 1.50 bits per heavy atom. The summed E-state index contributed by atoms with van der Waals surface area (Å²) in [5.74, 6) is 0.786. The Hall–Kier alpha value is -1.07. The normalized spacial score (nSPS) is 12.1. The highest BCUT2D eigenvalue weighted by atomic mass is 79.9. The second-order valence-corrected chi connectivity index (χ2v) is 5.27. The van der Waals surface area contributed by atoms with Crippen LogP contribution in [0.25, 0.3) is 0 Å². The maximum absolute atomic E-state index is 11.4. The Labute approximate surface area is 116 Å². The molecule has 4 nitrogen and oxygen atoms in total. The number of nitrogens with zero attached hydrogens (tertiary/aromatic N) is 1. The molecule has 0 saturated carbocycles. The van der Waals surface area contributed by atoms with Crippen LogP contribution < -0.4 is 10.5 Å². The van der Waals surface area contributed by atoms with Gasteiger partial charge in [0.15, 0.2) is 0 Å². The van der Waals surface area contributed by atoms with Crippen molar-refractivity contribution in [1.82, 2.24) is 4.90 Å². The molecule has 0 saturated heterocycles. The fraction of sp³-hybridized carbons (Fsp3) is 0.462. The van der Waals surface area contributed by atoms with Gasteiger partial charge in [-0.1, -0.05) is 15.9 Å². The van der Waals surface area contributed by atoms with Crippen LogP contribution in [0.3, 0.4) is 0 Å². The minimum absolute atomic E-state index is 0.0504. The van der Waals surface area contributed by atoms with Gasteiger partial charge in [-0.2, -0.15) is 0 Å². The summed E-state index contributed by atoms with van der Waals surface area (Å²) in [6.07, 6.45) is 0.363. The molecule has 0 heterocycles. The van der Waals surface area contributed by atoms with Gasteiger partial charge in [-0.25, -0.2) is 0 Å². The first kappa shape index (κ1) is 15.0. The van der Waals surface area contributed by atoms with Crippen LogP contribution in [0.2, 0.25) is 0 Å². The topological polar surface area (TPSA) is 55.6 Å². The summed E-state index contributed by atoms with van der Waals surface area (Å²) in [5, 5.41) is 0. The maximum atomic E-state index is 11.4. The number of hydrogen-bond donors (Lipinski definition) is 1. The average molecular weight is 315 g/mol. The first-order valence-electron chi connectivity index (χ1n) is 5.79. The van der Waals surface area contributed by atoms with E-state index in [4.69, 9.17) is 10.5 Å². The van der Waals surface area contributed by atoms with Gasteiger partial charge in [-0.15, -0.1) is 0 Å². The largest absolute Gasteiger partial charge is 0.493 e. The van der Waals surface area contributed by atoms with E-state index in [1.165, 1.54) is 0 Å². The Balaban J connectivity index is 2.65. The highest BCUT2D eigenvalue weighted by Gasteiger charge is 2.10. The number of benzene rings is 1. The summed E-state index contributed by atoms with van der Waals surface area (Å²) in [6, 6.07) is 5.59. The van der Waals surface area contributed by atoms with Crippen molar-refractivity contribution in [3.63, 3.8) is 0 Å². The molecule has 100 valence electrons. The molecule has 0 aliphatic carbocycles. The molecule has 0 aliphatic heterocycles. The van der Waals surface area contributed by atoms with E-state index in [2.05, 4.69) is 15.9 Å². The lowest BCUT2D eigenvalue weighted by molar-refractivity contribution is -0.129. The average Bonchev–Trinajstić information content (AvgIpc) is 2.30. The van der Waals surface area contributed by atoms with Gasteiger partial charge in [0.2, 0.25) is 5.91 Å². The molecule has 1 atom stereocenters. The lowest BCUT2D eigenvalue weighted by Gasteiger charge is -2.15. The van der Waals surface area contributed by atoms with Crippen LogP contribution in [0.15, 0.2) is 22.7 Å². The fourth-order valence-corrected chi connectivity index (χ4v) is 1.86. The zero-order chi connectivity index (χ0) is 13.7. The van der Waals surface area contributed by atoms with Crippen molar-refractivity contribution in [3.05, 3.63) is 28.2 Å². The summed E-state index contributed by atoms with van der Waals surface area (Å²) < 4.78 is 6.59. The number of halogens is 1. The number of ether oxygens (including phenoxy) is 1. The van der Waals surface area contributed by atoms with Gasteiger partial charge in [0, 0.05) is 30.2 Å². The second-order valence-electron chi connectivity index (χ2n) is 4.36. The van der Waals surface area contributed by atoms with E-state index in [1.807, 2.05) is 25.1 Å². The summed E-state index contributed by atoms with van der Waals surface area (Å²) in [7, 11) is 3.46. The molecule has 0 bridgehead atoms. The van der Waals surface area contributed by atoms with Crippen LogP contribution in [0.1, 0.15) is 24.9 Å². The Morgan fingerprint density at radius 2 is 2.17 bits per heavy atom. The number of hydrogen-bond acceptors (Lipinski definition) is 3. The zero-order valence-corrected chi connectivity index (χ0v) is 12.5. The first-order valence-corrected chi connectivity index (χ1v) is 6.59. The van der Waals surface area contributed by atoms with Crippen LogP contribution >= 0.6 is 15.9 Å². The van der Waals surface area contributed by atoms with Gasteiger partial charge in [0.25, 0.3) is 0 Å². The van der Waals surface area contributed by atoms with E-state index < -0.39 is 0 Å². The molecule has 1 aromatic carbocycles. The quantitative estimate of drug-likeness (QED) is 0.907. The molecular formula is C13H19BrN2O2. The predicted octanol–water partition coefficient (Wildman–Crippen LogP) is 2.33. The number of carbonyl (C=O) groups is 1. The molecule has 1 unspecified atom stereocenters. The molecule has 2 N–H and O–H groups in total. The van der Waals surface area contributed by atoms with E-state index >= 15 is 0 Å². The Bertz CT molecular complexity index is 419. The van der Waals surface area contributed by atoms with Gasteiger partial charge in [-0.05, 0) is 25.1 Å². The van der Waals surface area contributed by atoms with Crippen LogP contribution in [0.4, 0.5) is 0 Å². The standard InChI is InChI=1S/C13H19BrN2O2/c1-9(15)11-8-10(14)4-5-12(11)18-7-6-13(17)16(2)3/h4-5,8-9H,6-7,15H2,1-3H3. The van der Waals surface area contributed by atoms with Crippen molar-refractivity contribution in [2.24, 2.45) is 5.73 Å². The second kappa shape index (κ2) is 6.75. The van der Waals surface area contributed by atoms with E-state index in [-0.39, 0.29) is 11.9 Å². The number of carbonyl (C=O) groups excluding carboxylic acids is 1. The molecule has 5 heteroatoms. The molecule has 1 amide bonds. The molecular weight excluding hydrogens is 296 g/mol. The van der Waals surface area contributed by atoms with Crippen LogP contribution in [-0.4, -0.2) is 31.5 Å². The first-order chi connectivity index (χ1) is 8.41. The van der Waals surface area contributed by atoms with Gasteiger partial charge in [0.05, 0.1) is 13.0 Å². The third-order valence-corrected chi connectivity index (χ3v) is 3.03. The maximum Gasteiger partial charge on any atom is 0.225 e. The Morgan fingerprint density at radius 3 is 2.72 bits per heavy atom. The van der Waals surface area contributed by atoms with Crippen molar-refractivity contribution in [3.8, 4) is 5.75 Å². The molecule has 0 spiro atoms. The third-order valence-electron chi connectivity index (χ3n) is 2.53. The summed E-state index contributed by atoms with van der Waals surface area (Å²) in [6.45, 7) is 2.26. The summed E-state index contributed by atoms with van der Waals surface area (Å²) in [5.41, 5.74) is 6.82. The molecule has 18 heavy (non-hydrogen) atoms. The van der Waals surface area contributed by atoms with Crippen molar-refractivity contribution in [2.45, 2.75) is 19.4 Å². The molecule has 1 rings (SSSR count). The highest BCUT2D eigenvalue weighted by molar-refractivity contribution is 9.10. The zero-order valence-electron chi connectivity index (χ0n) is 10.9. The van der Waals surface area contributed by atoms with Crippen molar-refractivity contribution in [2.75, 3.05) is 20.7 Å². The molecule has 0 aromatic heterocycles. The fourth-order valence-electron chi connectivity index (χ4n) is 1.48. The lowest BCUT2D eigenvalue weighted by atomic mass is 10.1. The summed E-state index contributed by atoms with van der Waals surface area (Å²) >= 11 is 3.40. The van der Waals surface area contributed by atoms with Crippen LogP contribution in [0.5, 0.6) is 5.75 Å². The lowest BCUT2D eigenvalue weighted by Crippen LogP contribution is -2.23. The molecule has 1 aromatic rings. The van der Waals surface area contributed by atoms with Crippen molar-refractivity contribution in [1.29, 1.82) is 0 Å². The predicted molar refractivity (Wildman–Crippen MR) is 75.6 cm³/mol. The monoisotopic (exact) mass is 314 g/mol. The van der Waals surface area contributed by atoms with Crippen molar-refractivity contribution >= 4 is 21.8 Å². The van der Waals surface area contributed by atoms with E-state index in [1.54, 1.807) is 19.0 Å². The minimum atomic E-state index is -0.109. The molecule has 0 aliphatic rings. The minimum Gasteiger partial charge on any atom is -0.493 e. The van der Waals surface area contributed by atoms with Gasteiger partial charge >= 0.3 is 0 Å². The third kappa shape index (κ3) is 4.31. The number of amides is 1. The van der Waals surface area contributed by atoms with E-state index in [9.17, 15) is 4.79 Å². The highest BCUT2D eigenvalue weighted by Crippen LogP contribution is 2.27. The van der Waals surface area contributed by atoms with E-state index in [0.29, 0.717) is 13.0 Å². The smallest absolute Gasteiger partial charge is 0.225 e. The molecule has 0 fully saturated rings. The number of rotatable bonds is 5. The van der Waals surface area contributed by atoms with Crippen LogP contribution in [-0.2, 0) is 4.79 Å².